The maximum absolute atomic E-state index is 11.0. The first-order valence-electron chi connectivity index (χ1n) is 13.3. The van der Waals surface area contributed by atoms with Gasteiger partial charge in [-0.25, -0.2) is 4.79 Å². The van der Waals surface area contributed by atoms with Crippen molar-refractivity contribution in [2.45, 2.75) is 52.1 Å². The number of allylic oxidation sites excluding steroid dienone is 1. The third-order valence-corrected chi connectivity index (χ3v) is 7.37. The van der Waals surface area contributed by atoms with Gasteiger partial charge in [0, 0.05) is 42.8 Å². The first-order valence-corrected chi connectivity index (χ1v) is 13.3. The minimum atomic E-state index is -0.951. The van der Waals surface area contributed by atoms with Crippen LogP contribution in [0.5, 0.6) is 0 Å². The summed E-state index contributed by atoms with van der Waals surface area (Å²) >= 11 is 0. The summed E-state index contributed by atoms with van der Waals surface area (Å²) in [7, 11) is 1.75. The third kappa shape index (κ3) is 5.57. The number of aliphatic imine (C=N–C) groups is 1. The van der Waals surface area contributed by atoms with Crippen LogP contribution in [0.2, 0.25) is 0 Å². The Morgan fingerprint density at radius 2 is 1.84 bits per heavy atom. The normalized spacial score (nSPS) is 17.8. The zero-order valence-corrected chi connectivity index (χ0v) is 22.7. The summed E-state index contributed by atoms with van der Waals surface area (Å²) in [6.07, 6.45) is 9.10. The molecule has 1 heterocycles. The average molecular weight is 508 g/mol. The molecule has 196 valence electrons. The molecule has 0 aliphatic carbocycles. The minimum absolute atomic E-state index is 0.0169. The van der Waals surface area contributed by atoms with Gasteiger partial charge in [0.1, 0.15) is 0 Å². The predicted octanol–water partition coefficient (Wildman–Crippen LogP) is 6.45. The van der Waals surface area contributed by atoms with Crippen molar-refractivity contribution in [2.75, 3.05) is 11.9 Å². The van der Waals surface area contributed by atoms with Crippen LogP contribution < -0.4 is 10.6 Å². The number of fused-ring (bicyclic) bond motifs is 1. The molecular weight excluding hydrogens is 470 g/mol. The van der Waals surface area contributed by atoms with Gasteiger partial charge in [0.15, 0.2) is 0 Å². The summed E-state index contributed by atoms with van der Waals surface area (Å²) < 4.78 is 0. The zero-order chi connectivity index (χ0) is 27.2. The third-order valence-electron chi connectivity index (χ3n) is 7.37. The lowest BCUT2D eigenvalue weighted by atomic mass is 9.82. The molecule has 0 bridgehead atoms. The Balaban J connectivity index is 1.87. The van der Waals surface area contributed by atoms with Crippen LogP contribution in [0.25, 0.3) is 11.6 Å². The fourth-order valence-electron chi connectivity index (χ4n) is 5.47. The van der Waals surface area contributed by atoms with Crippen molar-refractivity contribution in [1.29, 1.82) is 0 Å². The Morgan fingerprint density at radius 1 is 1.08 bits per heavy atom. The maximum atomic E-state index is 11.0. The number of aryl methyl sites for hydroxylation is 2. The van der Waals surface area contributed by atoms with Crippen molar-refractivity contribution < 1.29 is 9.90 Å². The number of hydrogen-bond acceptors (Lipinski definition) is 4. The zero-order valence-electron chi connectivity index (χ0n) is 22.7. The summed E-state index contributed by atoms with van der Waals surface area (Å²) in [4.78, 5) is 17.7. The number of carboxylic acids is 1. The predicted molar refractivity (Wildman–Crippen MR) is 159 cm³/mol. The molecule has 2 unspecified atom stereocenters. The molecule has 38 heavy (non-hydrogen) atoms. The summed E-state index contributed by atoms with van der Waals surface area (Å²) in [6, 6.07) is 22.0. The number of aliphatic carboxylic acids is 1. The first kappa shape index (κ1) is 26.9. The van der Waals surface area contributed by atoms with Gasteiger partial charge in [0.25, 0.3) is 0 Å². The number of carbonyl (C=O) groups is 1. The van der Waals surface area contributed by atoms with Gasteiger partial charge in [-0.15, -0.1) is 0 Å². The number of hydrogen-bond donors (Lipinski definition) is 2. The Morgan fingerprint density at radius 3 is 2.47 bits per heavy atom. The van der Waals surface area contributed by atoms with Crippen molar-refractivity contribution in [3.05, 3.63) is 112 Å². The fourth-order valence-corrected chi connectivity index (χ4v) is 5.47. The van der Waals surface area contributed by atoms with Crippen LogP contribution in [0, 0.1) is 0 Å². The van der Waals surface area contributed by atoms with E-state index < -0.39 is 5.97 Å². The second-order valence-electron chi connectivity index (χ2n) is 9.79. The summed E-state index contributed by atoms with van der Waals surface area (Å²) in [5, 5.41) is 9.02. The molecule has 0 fully saturated rings. The van der Waals surface area contributed by atoms with E-state index in [0.717, 1.165) is 36.0 Å². The summed E-state index contributed by atoms with van der Waals surface area (Å²) in [5.74, 6) is -0.951. The molecule has 1 aliphatic heterocycles. The topological polar surface area (TPSA) is 78.9 Å². The molecule has 0 amide bonds. The summed E-state index contributed by atoms with van der Waals surface area (Å²) in [5.41, 5.74) is 16.5. The number of rotatable bonds is 8. The molecule has 5 heteroatoms. The highest BCUT2D eigenvalue weighted by molar-refractivity contribution is 6.09. The van der Waals surface area contributed by atoms with Gasteiger partial charge in [0.2, 0.25) is 0 Å². The first-order chi connectivity index (χ1) is 18.4. The van der Waals surface area contributed by atoms with E-state index in [2.05, 4.69) is 79.2 Å². The molecule has 2 atom stereocenters. The molecule has 0 saturated carbocycles. The average Bonchev–Trinajstić information content (AvgIpc) is 2.93. The van der Waals surface area contributed by atoms with Crippen molar-refractivity contribution in [3.63, 3.8) is 0 Å². The van der Waals surface area contributed by atoms with Crippen molar-refractivity contribution in [3.8, 4) is 0 Å². The van der Waals surface area contributed by atoms with Crippen LogP contribution >= 0.6 is 0 Å². The van der Waals surface area contributed by atoms with Gasteiger partial charge in [0.05, 0.1) is 6.04 Å². The molecule has 0 aromatic heterocycles. The monoisotopic (exact) mass is 507 g/mol. The molecule has 4 rings (SSSR count). The van der Waals surface area contributed by atoms with Crippen molar-refractivity contribution >= 4 is 29.5 Å². The van der Waals surface area contributed by atoms with E-state index in [1.807, 2.05) is 12.1 Å². The van der Waals surface area contributed by atoms with Crippen LogP contribution in [0.3, 0.4) is 0 Å². The SMILES string of the molecule is CCc1ccc(N2C(C)Cc3cc(C(C=NC)=CN)ccc3C2c2ccc(/C=C/C(=O)O)cc2)c(CC)c1. The number of nitrogens with zero attached hydrogens (tertiary/aromatic N) is 2. The number of carboxylic acid groups (broad SMARTS) is 1. The van der Waals surface area contributed by atoms with Crippen LogP contribution in [0.15, 0.2) is 77.9 Å². The highest BCUT2D eigenvalue weighted by Gasteiger charge is 2.34. The van der Waals surface area contributed by atoms with E-state index in [1.165, 1.54) is 39.6 Å². The van der Waals surface area contributed by atoms with E-state index in [4.69, 9.17) is 10.8 Å². The standard InChI is InChI=1S/C33H37N3O2/c1-5-23-9-15-31(25(6-2)18-23)36-22(3)17-28-19-27(29(20-34)21-35-4)13-14-30(28)33(36)26-11-7-24(8-12-26)10-16-32(37)38/h7-16,18-22,33H,5-6,17,34H2,1-4H3,(H,37,38)/b16-10+,29-20?,35-21?. The van der Waals surface area contributed by atoms with Crippen molar-refractivity contribution in [1.82, 2.24) is 0 Å². The number of anilines is 1. The molecule has 3 aromatic rings. The molecule has 1 aliphatic rings. The lowest BCUT2D eigenvalue weighted by molar-refractivity contribution is -0.131. The Hall–Kier alpha value is -4.12. The maximum Gasteiger partial charge on any atom is 0.328 e. The smallest absolute Gasteiger partial charge is 0.328 e. The summed E-state index contributed by atoms with van der Waals surface area (Å²) in [6.45, 7) is 6.72. The molecule has 0 spiro atoms. The second-order valence-corrected chi connectivity index (χ2v) is 9.79. The second kappa shape index (κ2) is 12.0. The van der Waals surface area contributed by atoms with Gasteiger partial charge in [-0.2, -0.15) is 0 Å². The Kier molecular flexibility index (Phi) is 8.47. The quantitative estimate of drug-likeness (QED) is 0.271. The molecule has 5 nitrogen and oxygen atoms in total. The van der Waals surface area contributed by atoms with E-state index in [9.17, 15) is 4.79 Å². The highest BCUT2D eigenvalue weighted by Crippen LogP contribution is 2.43. The lowest BCUT2D eigenvalue weighted by Crippen LogP contribution is -2.43. The molecular formula is C33H37N3O2. The van der Waals surface area contributed by atoms with Gasteiger partial charge in [-0.3, -0.25) is 4.99 Å². The van der Waals surface area contributed by atoms with Gasteiger partial charge in [-0.1, -0.05) is 68.4 Å². The van der Waals surface area contributed by atoms with E-state index in [0.29, 0.717) is 0 Å². The van der Waals surface area contributed by atoms with Gasteiger partial charge >= 0.3 is 5.97 Å². The van der Waals surface area contributed by atoms with E-state index in [-0.39, 0.29) is 12.1 Å². The molecule has 0 radical (unpaired) electrons. The van der Waals surface area contributed by atoms with Crippen molar-refractivity contribution in [2.24, 2.45) is 10.7 Å². The van der Waals surface area contributed by atoms with E-state index >= 15 is 0 Å². The van der Waals surface area contributed by atoms with Crippen LogP contribution in [0.1, 0.15) is 65.8 Å². The molecule has 0 saturated heterocycles. The van der Waals surface area contributed by atoms with Gasteiger partial charge in [-0.05, 0) is 77.3 Å². The van der Waals surface area contributed by atoms with Gasteiger partial charge < -0.3 is 15.7 Å². The number of benzene rings is 3. The van der Waals surface area contributed by atoms with Crippen LogP contribution in [-0.4, -0.2) is 30.4 Å². The molecule has 3 N–H and O–H groups in total. The van der Waals surface area contributed by atoms with Crippen LogP contribution in [0.4, 0.5) is 5.69 Å². The minimum Gasteiger partial charge on any atom is -0.478 e. The molecule has 3 aromatic carbocycles. The highest BCUT2D eigenvalue weighted by atomic mass is 16.4. The van der Waals surface area contributed by atoms with Crippen LogP contribution in [-0.2, 0) is 24.1 Å². The Bertz CT molecular complexity index is 1390. The number of nitrogens with two attached hydrogens (primary N) is 1. The Labute approximate surface area is 226 Å². The fraction of sp³-hybridized carbons (Fsp3) is 0.273. The lowest BCUT2D eigenvalue weighted by Gasteiger charge is -2.45. The van der Waals surface area contributed by atoms with E-state index in [1.54, 1.807) is 25.5 Å². The largest absolute Gasteiger partial charge is 0.478 e.